The molecule has 6 heteroatoms. The SMILES string of the molecule is C=CCc1cc(C(C)(C)c2ccc(O)c(CC=C)c2)ccc1C.CCCC(c1cc(C(C)(C)C)c(O)cc1C)c1cc(C(C)(C)C)c(O)cc1C.Cc1cc(O)c(C(C)(C)C)cc1Sc1cc(C(C)(C)C)c(O)cc1C. The number of phenols is 5. The second-order valence-corrected chi connectivity index (χ2v) is 26.8. The fourth-order valence-electron chi connectivity index (χ4n) is 9.92. The number of benzene rings is 6. The molecule has 0 unspecified atom stereocenters. The molecule has 0 saturated heterocycles. The largest absolute Gasteiger partial charge is 0.508 e. The van der Waals surface area contributed by atoms with Gasteiger partial charge in [-0.25, -0.2) is 0 Å². The summed E-state index contributed by atoms with van der Waals surface area (Å²) in [5.74, 6) is 2.04. The van der Waals surface area contributed by atoms with Crippen molar-refractivity contribution in [2.75, 3.05) is 0 Å². The highest BCUT2D eigenvalue weighted by Crippen LogP contribution is 2.45. The predicted molar refractivity (Wildman–Crippen MR) is 326 cm³/mol. The van der Waals surface area contributed by atoms with Gasteiger partial charge in [0.15, 0.2) is 0 Å². The summed E-state index contributed by atoms with van der Waals surface area (Å²) < 4.78 is 0. The van der Waals surface area contributed by atoms with Crippen molar-refractivity contribution in [3.05, 3.63) is 194 Å². The second kappa shape index (κ2) is 24.6. The van der Waals surface area contributed by atoms with E-state index in [2.05, 4.69) is 186 Å². The van der Waals surface area contributed by atoms with Crippen LogP contribution in [0.3, 0.4) is 0 Å². The molecule has 0 aliphatic rings. The highest BCUT2D eigenvalue weighted by atomic mass is 32.2. The molecule has 0 aliphatic heterocycles. The molecule has 0 aliphatic carbocycles. The molecule has 0 amide bonds. The van der Waals surface area contributed by atoms with Gasteiger partial charge in [-0.1, -0.05) is 177 Å². The Morgan fingerprint density at radius 1 is 0.421 bits per heavy atom. The van der Waals surface area contributed by atoms with E-state index in [0.29, 0.717) is 35.2 Å². The quantitative estimate of drug-likeness (QED) is 0.0783. The summed E-state index contributed by atoms with van der Waals surface area (Å²) in [5.41, 5.74) is 16.2. The summed E-state index contributed by atoms with van der Waals surface area (Å²) in [6.45, 7) is 50.1. The van der Waals surface area contributed by atoms with Gasteiger partial charge in [0, 0.05) is 32.3 Å². The lowest BCUT2D eigenvalue weighted by atomic mass is 9.76. The monoisotopic (exact) mass is 1050 g/mol. The Morgan fingerprint density at radius 3 is 1.13 bits per heavy atom. The van der Waals surface area contributed by atoms with Crippen LogP contribution in [0.2, 0.25) is 0 Å². The molecule has 76 heavy (non-hydrogen) atoms. The van der Waals surface area contributed by atoms with Crippen LogP contribution in [0.5, 0.6) is 28.7 Å². The Labute approximate surface area is 464 Å². The Kier molecular flexibility index (Phi) is 20.3. The molecule has 0 spiro atoms. The molecule has 0 heterocycles. The van der Waals surface area contributed by atoms with E-state index in [9.17, 15) is 25.5 Å². The molecule has 5 nitrogen and oxygen atoms in total. The van der Waals surface area contributed by atoms with E-state index >= 15 is 0 Å². The van der Waals surface area contributed by atoms with Crippen LogP contribution < -0.4 is 0 Å². The fourth-order valence-corrected chi connectivity index (χ4v) is 10.9. The maximum Gasteiger partial charge on any atom is 0.119 e. The molecule has 5 N–H and O–H groups in total. The third-order valence-corrected chi connectivity index (χ3v) is 16.1. The average molecular weight is 1050 g/mol. The number of hydrogen-bond acceptors (Lipinski definition) is 6. The van der Waals surface area contributed by atoms with Crippen LogP contribution in [0.15, 0.2) is 120 Å². The van der Waals surface area contributed by atoms with Gasteiger partial charge in [-0.3, -0.25) is 0 Å². The van der Waals surface area contributed by atoms with E-state index in [1.807, 2.05) is 56.3 Å². The van der Waals surface area contributed by atoms with E-state index in [4.69, 9.17) is 0 Å². The van der Waals surface area contributed by atoms with E-state index in [1.54, 1.807) is 17.8 Å². The Balaban J connectivity index is 0.000000248. The van der Waals surface area contributed by atoms with E-state index < -0.39 is 0 Å². The maximum atomic E-state index is 10.5. The maximum absolute atomic E-state index is 10.5. The topological polar surface area (TPSA) is 101 Å². The van der Waals surface area contributed by atoms with Crippen molar-refractivity contribution in [2.24, 2.45) is 0 Å². The van der Waals surface area contributed by atoms with Crippen molar-refractivity contribution in [1.82, 2.24) is 0 Å². The van der Waals surface area contributed by atoms with Gasteiger partial charge in [0.25, 0.3) is 0 Å². The number of hydrogen-bond donors (Lipinski definition) is 5. The smallest absolute Gasteiger partial charge is 0.119 e. The van der Waals surface area contributed by atoms with Crippen LogP contribution >= 0.6 is 11.8 Å². The Hall–Kier alpha value is -5.85. The van der Waals surface area contributed by atoms with E-state index in [-0.39, 0.29) is 33.0 Å². The molecule has 0 atom stereocenters. The fraction of sp³-hybridized carbons (Fsp3) is 0.429. The lowest BCUT2D eigenvalue weighted by Gasteiger charge is -2.29. The first-order valence-corrected chi connectivity index (χ1v) is 28.0. The van der Waals surface area contributed by atoms with Crippen LogP contribution in [-0.4, -0.2) is 25.5 Å². The van der Waals surface area contributed by atoms with Crippen molar-refractivity contribution < 1.29 is 25.5 Å². The molecular weight excluding hydrogens is 953 g/mol. The molecule has 0 saturated carbocycles. The molecule has 6 aromatic carbocycles. The van der Waals surface area contributed by atoms with Gasteiger partial charge in [0.1, 0.15) is 28.7 Å². The van der Waals surface area contributed by atoms with Crippen molar-refractivity contribution in [3.63, 3.8) is 0 Å². The first-order valence-electron chi connectivity index (χ1n) is 27.2. The minimum Gasteiger partial charge on any atom is -0.508 e. The lowest BCUT2D eigenvalue weighted by Crippen LogP contribution is -2.19. The van der Waals surface area contributed by atoms with Gasteiger partial charge in [-0.2, -0.15) is 0 Å². The van der Waals surface area contributed by atoms with Gasteiger partial charge in [-0.15, -0.1) is 13.2 Å². The van der Waals surface area contributed by atoms with Gasteiger partial charge in [-0.05, 0) is 190 Å². The molecule has 0 bridgehead atoms. The van der Waals surface area contributed by atoms with Crippen molar-refractivity contribution in [3.8, 4) is 28.7 Å². The van der Waals surface area contributed by atoms with Crippen LogP contribution in [0.25, 0.3) is 0 Å². The van der Waals surface area contributed by atoms with Crippen LogP contribution in [-0.2, 0) is 39.9 Å². The van der Waals surface area contributed by atoms with Crippen LogP contribution in [0.1, 0.15) is 206 Å². The third-order valence-electron chi connectivity index (χ3n) is 14.7. The van der Waals surface area contributed by atoms with E-state index in [1.165, 1.54) is 33.4 Å². The zero-order chi connectivity index (χ0) is 57.6. The summed E-state index contributed by atoms with van der Waals surface area (Å²) in [7, 11) is 0. The predicted octanol–water partition coefficient (Wildman–Crippen LogP) is 19.2. The first-order chi connectivity index (χ1) is 35.0. The molecule has 410 valence electrons. The van der Waals surface area contributed by atoms with Crippen molar-refractivity contribution in [1.29, 1.82) is 0 Å². The zero-order valence-corrected chi connectivity index (χ0v) is 51.0. The summed E-state index contributed by atoms with van der Waals surface area (Å²) in [4.78, 5) is 2.27. The normalized spacial score (nSPS) is 12.2. The highest BCUT2D eigenvalue weighted by Gasteiger charge is 2.29. The Morgan fingerprint density at radius 2 is 0.763 bits per heavy atom. The zero-order valence-electron chi connectivity index (χ0n) is 50.2. The van der Waals surface area contributed by atoms with Crippen molar-refractivity contribution in [2.45, 2.75) is 207 Å². The Bertz CT molecular complexity index is 2810. The summed E-state index contributed by atoms with van der Waals surface area (Å²) in [6.07, 6.45) is 7.42. The van der Waals surface area contributed by atoms with Crippen LogP contribution in [0, 0.1) is 34.6 Å². The first kappa shape index (κ1) is 62.7. The molecule has 0 radical (unpaired) electrons. The van der Waals surface area contributed by atoms with Crippen LogP contribution in [0.4, 0.5) is 0 Å². The molecule has 6 rings (SSSR count). The minimum absolute atomic E-state index is 0.117. The van der Waals surface area contributed by atoms with Gasteiger partial charge in [0.05, 0.1) is 0 Å². The van der Waals surface area contributed by atoms with E-state index in [0.717, 1.165) is 79.1 Å². The van der Waals surface area contributed by atoms with Gasteiger partial charge in [0.2, 0.25) is 0 Å². The number of rotatable bonds is 12. The molecular formula is C70H94O5S. The standard InChI is InChI=1S/C26H38O2.C22H30O2S.C22H26O/c1-10-11-18(19-14-21(25(4,5)6)23(27)12-16(19)2)20-15-22(26(7,8)9)24(28)13-17(20)3;1-13-9-17(23)15(21(3,4)5)11-19(13)25-20-12-16(22(6,7)8)18(24)10-14(20)2;1-6-8-17-14-19(11-10-16(17)3)22(4,5)20-12-13-21(23)18(15-20)9-7-2/h12-15,18,27-28H,10-11H2,1-9H3;9-12,23-24H,1-8H3;6-7,10-15,23H,1-2,8-9H2,3-5H3. The highest BCUT2D eigenvalue weighted by molar-refractivity contribution is 7.99. The average Bonchev–Trinajstić information content (AvgIpc) is 3.28. The summed E-state index contributed by atoms with van der Waals surface area (Å²) >= 11 is 1.70. The molecule has 0 fully saturated rings. The van der Waals surface area contributed by atoms with Gasteiger partial charge >= 0.3 is 0 Å². The molecule has 6 aromatic rings. The molecule has 0 aromatic heterocycles. The minimum atomic E-state index is -0.132. The lowest BCUT2D eigenvalue weighted by molar-refractivity contribution is 0.443. The third kappa shape index (κ3) is 15.4. The summed E-state index contributed by atoms with van der Waals surface area (Å²) in [6, 6.07) is 28.7. The van der Waals surface area contributed by atoms with Crippen molar-refractivity contribution >= 4 is 11.8 Å². The second-order valence-electron chi connectivity index (χ2n) is 25.8. The van der Waals surface area contributed by atoms with Gasteiger partial charge < -0.3 is 25.5 Å². The summed E-state index contributed by atoms with van der Waals surface area (Å²) in [5, 5.41) is 51.7. The number of phenolic OH excluding ortho intramolecular Hbond substituents is 5. The number of aryl methyl sites for hydroxylation is 5. The number of allylic oxidation sites excluding steroid dienone is 2. The number of aromatic hydroxyl groups is 5.